The molecule has 9 heteroatoms. The van der Waals surface area contributed by atoms with Crippen molar-refractivity contribution >= 4 is 11.6 Å². The molecule has 3 aromatic rings. The Balaban J connectivity index is 1.67. The smallest absolute Gasteiger partial charge is 0.311 e. The molecule has 0 aliphatic heterocycles. The van der Waals surface area contributed by atoms with Gasteiger partial charge < -0.3 is 14.8 Å². The normalized spacial score (nSPS) is 10.3. The molecule has 29 heavy (non-hydrogen) atoms. The summed E-state index contributed by atoms with van der Waals surface area (Å²) in [7, 11) is 1.32. The van der Waals surface area contributed by atoms with Crippen LogP contribution in [0.15, 0.2) is 60.8 Å². The molecule has 1 N–H and O–H groups in total. The number of nitro groups is 1. The fourth-order valence-electron chi connectivity index (χ4n) is 2.50. The fourth-order valence-corrected chi connectivity index (χ4v) is 2.50. The summed E-state index contributed by atoms with van der Waals surface area (Å²) in [5.41, 5.74) is 0.543. The number of nitrogens with one attached hydrogen (secondary N) is 1. The zero-order valence-corrected chi connectivity index (χ0v) is 15.3. The molecular weight excluding hydrogens is 381 g/mol. The zero-order valence-electron chi connectivity index (χ0n) is 15.3. The Labute approximate surface area is 165 Å². The summed E-state index contributed by atoms with van der Waals surface area (Å²) in [5, 5.41) is 13.8. The van der Waals surface area contributed by atoms with Gasteiger partial charge in [-0.3, -0.25) is 14.9 Å². The van der Waals surface area contributed by atoms with Crippen molar-refractivity contribution in [1.29, 1.82) is 0 Å². The lowest BCUT2D eigenvalue weighted by Gasteiger charge is -2.09. The summed E-state index contributed by atoms with van der Waals surface area (Å²) in [6.45, 7) is 0.154. The number of amides is 1. The maximum absolute atomic E-state index is 13.0. The maximum atomic E-state index is 13.0. The van der Waals surface area contributed by atoms with Gasteiger partial charge in [-0.15, -0.1) is 0 Å². The molecule has 0 saturated carbocycles. The SMILES string of the molecule is COc1ccc(C(=O)NCc2ccnc(Oc3ccc(F)cc3)c2)cc1[N+](=O)[O-]. The highest BCUT2D eigenvalue weighted by molar-refractivity contribution is 5.95. The maximum Gasteiger partial charge on any atom is 0.311 e. The van der Waals surface area contributed by atoms with Crippen molar-refractivity contribution in [3.05, 3.63) is 87.9 Å². The summed E-state index contributed by atoms with van der Waals surface area (Å²) in [5.74, 6) is -0.0774. The second-order valence-electron chi connectivity index (χ2n) is 5.88. The van der Waals surface area contributed by atoms with Gasteiger partial charge in [0.2, 0.25) is 5.88 Å². The van der Waals surface area contributed by atoms with Gasteiger partial charge in [0.25, 0.3) is 5.91 Å². The summed E-state index contributed by atoms with van der Waals surface area (Å²) < 4.78 is 23.4. The van der Waals surface area contributed by atoms with E-state index in [4.69, 9.17) is 9.47 Å². The van der Waals surface area contributed by atoms with Crippen LogP contribution in [-0.2, 0) is 6.54 Å². The lowest BCUT2D eigenvalue weighted by atomic mass is 10.1. The summed E-state index contributed by atoms with van der Waals surface area (Å²) in [6.07, 6.45) is 1.51. The monoisotopic (exact) mass is 397 g/mol. The van der Waals surface area contributed by atoms with Crippen molar-refractivity contribution in [2.45, 2.75) is 6.54 Å². The van der Waals surface area contributed by atoms with E-state index in [0.29, 0.717) is 11.3 Å². The van der Waals surface area contributed by atoms with Crippen LogP contribution in [0.1, 0.15) is 15.9 Å². The van der Waals surface area contributed by atoms with E-state index in [0.717, 1.165) is 6.07 Å². The van der Waals surface area contributed by atoms with Gasteiger partial charge in [0.05, 0.1) is 12.0 Å². The third-order valence-corrected chi connectivity index (χ3v) is 3.93. The predicted molar refractivity (Wildman–Crippen MR) is 102 cm³/mol. The van der Waals surface area contributed by atoms with Crippen LogP contribution in [0.4, 0.5) is 10.1 Å². The van der Waals surface area contributed by atoms with Crippen LogP contribution in [0.2, 0.25) is 0 Å². The number of halogens is 1. The molecule has 148 valence electrons. The average Bonchev–Trinajstić information content (AvgIpc) is 2.73. The van der Waals surface area contributed by atoms with E-state index in [1.165, 1.54) is 49.7 Å². The molecule has 2 aromatic carbocycles. The standard InChI is InChI=1S/C20H16FN3O5/c1-28-18-7-2-14(11-17(18)24(26)27)20(25)23-12-13-8-9-22-19(10-13)29-16-5-3-15(21)4-6-16/h2-11H,12H2,1H3,(H,23,25). The van der Waals surface area contributed by atoms with Gasteiger partial charge in [-0.05, 0) is 48.0 Å². The zero-order chi connectivity index (χ0) is 20.8. The van der Waals surface area contributed by atoms with E-state index in [9.17, 15) is 19.3 Å². The number of nitrogens with zero attached hydrogens (tertiary/aromatic N) is 2. The van der Waals surface area contributed by atoms with Gasteiger partial charge in [-0.1, -0.05) is 0 Å². The quantitative estimate of drug-likeness (QED) is 0.480. The minimum absolute atomic E-state index is 0.0725. The molecule has 1 heterocycles. The largest absolute Gasteiger partial charge is 0.490 e. The number of pyridine rings is 1. The molecule has 0 atom stereocenters. The molecule has 0 saturated heterocycles. The molecule has 1 aromatic heterocycles. The third kappa shape index (κ3) is 5.04. The van der Waals surface area contributed by atoms with E-state index in [1.807, 2.05) is 0 Å². The van der Waals surface area contributed by atoms with Crippen LogP contribution < -0.4 is 14.8 Å². The van der Waals surface area contributed by atoms with Gasteiger partial charge in [-0.2, -0.15) is 0 Å². The predicted octanol–water partition coefficient (Wildman–Crippen LogP) is 3.86. The molecule has 0 spiro atoms. The number of nitro benzene ring substituents is 1. The lowest BCUT2D eigenvalue weighted by molar-refractivity contribution is -0.385. The second kappa shape index (κ2) is 8.79. The van der Waals surface area contributed by atoms with E-state index >= 15 is 0 Å². The van der Waals surface area contributed by atoms with Gasteiger partial charge in [0, 0.05) is 30.4 Å². The van der Waals surface area contributed by atoms with Crippen molar-refractivity contribution in [2.24, 2.45) is 0 Å². The Morgan fingerprint density at radius 2 is 1.93 bits per heavy atom. The summed E-state index contributed by atoms with van der Waals surface area (Å²) in [4.78, 5) is 26.9. The first kappa shape index (κ1) is 19.7. The fraction of sp³-hybridized carbons (Fsp3) is 0.100. The van der Waals surface area contributed by atoms with Gasteiger partial charge in [0.15, 0.2) is 5.75 Å². The number of aromatic nitrogens is 1. The Morgan fingerprint density at radius 1 is 1.17 bits per heavy atom. The molecule has 3 rings (SSSR count). The highest BCUT2D eigenvalue weighted by Gasteiger charge is 2.18. The average molecular weight is 397 g/mol. The molecule has 8 nitrogen and oxygen atoms in total. The number of carbonyl (C=O) groups is 1. The van der Waals surface area contributed by atoms with Crippen LogP contribution in [0.25, 0.3) is 0 Å². The minimum atomic E-state index is -0.614. The first-order chi connectivity index (χ1) is 14.0. The molecule has 0 fully saturated rings. The van der Waals surface area contributed by atoms with Crippen LogP contribution in [0, 0.1) is 15.9 Å². The van der Waals surface area contributed by atoms with E-state index in [1.54, 1.807) is 12.1 Å². The molecule has 0 aliphatic rings. The first-order valence-corrected chi connectivity index (χ1v) is 8.45. The van der Waals surface area contributed by atoms with Crippen molar-refractivity contribution < 1.29 is 23.6 Å². The number of hydrogen-bond acceptors (Lipinski definition) is 6. The molecule has 0 unspecified atom stereocenters. The molecule has 1 amide bonds. The minimum Gasteiger partial charge on any atom is -0.490 e. The Morgan fingerprint density at radius 3 is 2.62 bits per heavy atom. The van der Waals surface area contributed by atoms with Crippen LogP contribution >= 0.6 is 0 Å². The number of rotatable bonds is 7. The van der Waals surface area contributed by atoms with Crippen LogP contribution in [0.5, 0.6) is 17.4 Å². The van der Waals surface area contributed by atoms with Gasteiger partial charge in [-0.25, -0.2) is 9.37 Å². The van der Waals surface area contributed by atoms with E-state index < -0.39 is 10.8 Å². The Bertz CT molecular complexity index is 1040. The second-order valence-corrected chi connectivity index (χ2v) is 5.88. The molecule has 0 aliphatic carbocycles. The Kier molecular flexibility index (Phi) is 5.98. The van der Waals surface area contributed by atoms with E-state index in [2.05, 4.69) is 10.3 Å². The highest BCUT2D eigenvalue weighted by atomic mass is 19.1. The van der Waals surface area contributed by atoms with Gasteiger partial charge in [0.1, 0.15) is 11.6 Å². The van der Waals surface area contributed by atoms with Crippen molar-refractivity contribution in [3.8, 4) is 17.4 Å². The molecular formula is C20H16FN3O5. The van der Waals surface area contributed by atoms with Gasteiger partial charge >= 0.3 is 5.69 Å². The third-order valence-electron chi connectivity index (χ3n) is 3.93. The highest BCUT2D eigenvalue weighted by Crippen LogP contribution is 2.27. The number of carbonyl (C=O) groups excluding carboxylic acids is 1. The van der Waals surface area contributed by atoms with Crippen LogP contribution in [0.3, 0.4) is 0 Å². The van der Waals surface area contributed by atoms with E-state index in [-0.39, 0.29) is 35.2 Å². The Hall–Kier alpha value is -4.01. The number of methoxy groups -OCH3 is 1. The van der Waals surface area contributed by atoms with Crippen molar-refractivity contribution in [2.75, 3.05) is 7.11 Å². The number of benzene rings is 2. The molecule has 0 radical (unpaired) electrons. The van der Waals surface area contributed by atoms with Crippen molar-refractivity contribution in [1.82, 2.24) is 10.3 Å². The number of ether oxygens (including phenoxy) is 2. The topological polar surface area (TPSA) is 104 Å². The lowest BCUT2D eigenvalue weighted by Crippen LogP contribution is -2.22. The molecule has 0 bridgehead atoms. The van der Waals surface area contributed by atoms with Crippen molar-refractivity contribution in [3.63, 3.8) is 0 Å². The first-order valence-electron chi connectivity index (χ1n) is 8.45. The summed E-state index contributed by atoms with van der Waals surface area (Å²) >= 11 is 0. The summed E-state index contributed by atoms with van der Waals surface area (Å²) in [6, 6.07) is 12.8. The van der Waals surface area contributed by atoms with Crippen LogP contribution in [-0.4, -0.2) is 22.9 Å². The number of hydrogen-bond donors (Lipinski definition) is 1.